The number of nitrogens with zero attached hydrogens (tertiary/aromatic N) is 1. The molecule has 0 unspecified atom stereocenters. The summed E-state index contributed by atoms with van der Waals surface area (Å²) in [6.45, 7) is 0.965. The number of rotatable bonds is 2. The van der Waals surface area contributed by atoms with Crippen LogP contribution in [0.5, 0.6) is 0 Å². The molecule has 0 saturated carbocycles. The van der Waals surface area contributed by atoms with Gasteiger partial charge in [-0.25, -0.2) is 0 Å². The Labute approximate surface area is 105 Å². The van der Waals surface area contributed by atoms with E-state index in [1.807, 2.05) is 18.2 Å². The summed E-state index contributed by atoms with van der Waals surface area (Å²) in [6.07, 6.45) is 2.62. The highest BCUT2D eigenvalue weighted by molar-refractivity contribution is 6.02. The molecule has 1 aliphatic heterocycles. The molecule has 0 bridgehead atoms. The van der Waals surface area contributed by atoms with Crippen molar-refractivity contribution < 1.29 is 4.79 Å². The first kappa shape index (κ1) is 10.8. The number of carbonyl (C=O) groups is 1. The first-order chi connectivity index (χ1) is 8.83. The summed E-state index contributed by atoms with van der Waals surface area (Å²) in [5.74, 6) is -0.179. The van der Waals surface area contributed by atoms with Gasteiger partial charge in [-0.2, -0.15) is 0 Å². The van der Waals surface area contributed by atoms with Gasteiger partial charge in [-0.05, 0) is 42.3 Å². The van der Waals surface area contributed by atoms with Gasteiger partial charge in [0.2, 0.25) is 0 Å². The van der Waals surface area contributed by atoms with Gasteiger partial charge in [0.25, 0.3) is 5.91 Å². The van der Waals surface area contributed by atoms with Crippen LogP contribution in [-0.2, 0) is 6.42 Å². The van der Waals surface area contributed by atoms with Crippen molar-refractivity contribution in [1.29, 1.82) is 0 Å². The van der Waals surface area contributed by atoms with Crippen LogP contribution in [0, 0.1) is 0 Å². The molecule has 0 radical (unpaired) electrons. The maximum Gasteiger partial charge on any atom is 0.274 e. The number of fused-ring (bicyclic) bond motifs is 1. The van der Waals surface area contributed by atoms with E-state index in [1.54, 1.807) is 24.4 Å². The Hall–Kier alpha value is -2.36. The summed E-state index contributed by atoms with van der Waals surface area (Å²) >= 11 is 0. The largest absolute Gasteiger partial charge is 0.384 e. The van der Waals surface area contributed by atoms with Gasteiger partial charge < -0.3 is 10.6 Å². The van der Waals surface area contributed by atoms with Crippen molar-refractivity contribution in [3.63, 3.8) is 0 Å². The van der Waals surface area contributed by atoms with Crippen LogP contribution in [0.25, 0.3) is 0 Å². The molecule has 1 aromatic carbocycles. The van der Waals surface area contributed by atoms with E-state index >= 15 is 0 Å². The summed E-state index contributed by atoms with van der Waals surface area (Å²) in [5.41, 5.74) is 3.64. The standard InChI is InChI=1S/C14H13N3O/c18-14(13-3-1-2-7-15-13)17-11-4-5-12-10(9-11)6-8-16-12/h1-5,7,9,16H,6,8H2,(H,17,18). The molecule has 2 heterocycles. The maximum atomic E-state index is 11.9. The molecule has 90 valence electrons. The third-order valence-corrected chi connectivity index (χ3v) is 2.97. The lowest BCUT2D eigenvalue weighted by atomic mass is 10.1. The van der Waals surface area contributed by atoms with E-state index < -0.39 is 0 Å². The summed E-state index contributed by atoms with van der Waals surface area (Å²) in [5, 5.41) is 6.15. The quantitative estimate of drug-likeness (QED) is 0.845. The van der Waals surface area contributed by atoms with Gasteiger partial charge in [-0.1, -0.05) is 6.07 Å². The highest BCUT2D eigenvalue weighted by atomic mass is 16.1. The zero-order valence-electron chi connectivity index (χ0n) is 9.81. The Morgan fingerprint density at radius 3 is 3.06 bits per heavy atom. The van der Waals surface area contributed by atoms with E-state index in [0.717, 1.165) is 24.3 Å². The van der Waals surface area contributed by atoms with Crippen LogP contribution in [0.1, 0.15) is 16.1 Å². The summed E-state index contributed by atoms with van der Waals surface area (Å²) in [6, 6.07) is 11.2. The van der Waals surface area contributed by atoms with E-state index in [0.29, 0.717) is 5.69 Å². The number of anilines is 2. The maximum absolute atomic E-state index is 11.9. The van der Waals surface area contributed by atoms with Crippen LogP contribution in [0.2, 0.25) is 0 Å². The van der Waals surface area contributed by atoms with Crippen LogP contribution < -0.4 is 10.6 Å². The van der Waals surface area contributed by atoms with E-state index in [4.69, 9.17) is 0 Å². The molecule has 0 aliphatic carbocycles. The molecule has 1 amide bonds. The lowest BCUT2D eigenvalue weighted by molar-refractivity contribution is 0.102. The number of carbonyl (C=O) groups excluding carboxylic acids is 1. The van der Waals surface area contributed by atoms with E-state index in [-0.39, 0.29) is 5.91 Å². The topological polar surface area (TPSA) is 54.0 Å². The molecule has 3 rings (SSSR count). The molecule has 0 saturated heterocycles. The number of aromatic nitrogens is 1. The van der Waals surface area contributed by atoms with Crippen molar-refractivity contribution in [3.8, 4) is 0 Å². The lowest BCUT2D eigenvalue weighted by Crippen LogP contribution is -2.13. The summed E-state index contributed by atoms with van der Waals surface area (Å²) in [7, 11) is 0. The van der Waals surface area contributed by atoms with Crippen molar-refractivity contribution in [2.45, 2.75) is 6.42 Å². The second kappa shape index (κ2) is 4.49. The number of hydrogen-bond donors (Lipinski definition) is 2. The molecule has 0 atom stereocenters. The van der Waals surface area contributed by atoms with E-state index in [2.05, 4.69) is 15.6 Å². The minimum absolute atomic E-state index is 0.179. The first-order valence-corrected chi connectivity index (χ1v) is 5.92. The van der Waals surface area contributed by atoms with Gasteiger partial charge in [0, 0.05) is 24.1 Å². The van der Waals surface area contributed by atoms with Crippen molar-refractivity contribution >= 4 is 17.3 Å². The first-order valence-electron chi connectivity index (χ1n) is 5.92. The van der Waals surface area contributed by atoms with Crippen LogP contribution in [0.3, 0.4) is 0 Å². The fraction of sp³-hybridized carbons (Fsp3) is 0.143. The average Bonchev–Trinajstić information content (AvgIpc) is 2.87. The van der Waals surface area contributed by atoms with Gasteiger partial charge in [0.1, 0.15) is 5.69 Å². The predicted molar refractivity (Wildman–Crippen MR) is 70.8 cm³/mol. The molecule has 2 aromatic rings. The second-order valence-corrected chi connectivity index (χ2v) is 4.22. The Morgan fingerprint density at radius 1 is 1.28 bits per heavy atom. The molecular formula is C14H13N3O. The molecular weight excluding hydrogens is 226 g/mol. The van der Waals surface area contributed by atoms with E-state index in [9.17, 15) is 4.79 Å². The highest BCUT2D eigenvalue weighted by Gasteiger charge is 2.12. The molecule has 18 heavy (non-hydrogen) atoms. The minimum atomic E-state index is -0.179. The number of hydrogen-bond acceptors (Lipinski definition) is 3. The Balaban J connectivity index is 1.79. The third kappa shape index (κ3) is 2.05. The molecule has 4 nitrogen and oxygen atoms in total. The smallest absolute Gasteiger partial charge is 0.274 e. The zero-order valence-corrected chi connectivity index (χ0v) is 9.81. The van der Waals surface area contributed by atoms with Crippen molar-refractivity contribution in [2.24, 2.45) is 0 Å². The van der Waals surface area contributed by atoms with Crippen LogP contribution >= 0.6 is 0 Å². The fourth-order valence-electron chi connectivity index (χ4n) is 2.07. The lowest BCUT2D eigenvalue weighted by Gasteiger charge is -2.06. The molecule has 1 aliphatic rings. The zero-order chi connectivity index (χ0) is 12.4. The van der Waals surface area contributed by atoms with Gasteiger partial charge in [-0.15, -0.1) is 0 Å². The normalized spacial score (nSPS) is 12.7. The van der Waals surface area contributed by atoms with Gasteiger partial charge in [0.15, 0.2) is 0 Å². The molecule has 0 spiro atoms. The van der Waals surface area contributed by atoms with Crippen molar-refractivity contribution in [2.75, 3.05) is 17.2 Å². The number of pyridine rings is 1. The van der Waals surface area contributed by atoms with Crippen molar-refractivity contribution in [3.05, 3.63) is 53.9 Å². The minimum Gasteiger partial charge on any atom is -0.384 e. The van der Waals surface area contributed by atoms with Crippen LogP contribution in [-0.4, -0.2) is 17.4 Å². The molecule has 4 heteroatoms. The Bertz CT molecular complexity index is 581. The SMILES string of the molecule is O=C(Nc1ccc2c(c1)CCN2)c1ccccn1. The third-order valence-electron chi connectivity index (χ3n) is 2.97. The number of amides is 1. The molecule has 0 fully saturated rings. The summed E-state index contributed by atoms with van der Waals surface area (Å²) in [4.78, 5) is 15.9. The number of nitrogens with one attached hydrogen (secondary N) is 2. The number of benzene rings is 1. The van der Waals surface area contributed by atoms with Crippen LogP contribution in [0.15, 0.2) is 42.6 Å². The average molecular weight is 239 g/mol. The van der Waals surface area contributed by atoms with E-state index in [1.165, 1.54) is 5.56 Å². The van der Waals surface area contributed by atoms with Gasteiger partial charge in [0.05, 0.1) is 0 Å². The second-order valence-electron chi connectivity index (χ2n) is 4.22. The fourth-order valence-corrected chi connectivity index (χ4v) is 2.07. The monoisotopic (exact) mass is 239 g/mol. The van der Waals surface area contributed by atoms with Gasteiger partial charge >= 0.3 is 0 Å². The van der Waals surface area contributed by atoms with Crippen LogP contribution in [0.4, 0.5) is 11.4 Å². The Morgan fingerprint density at radius 2 is 2.22 bits per heavy atom. The highest BCUT2D eigenvalue weighted by Crippen LogP contribution is 2.25. The predicted octanol–water partition coefficient (Wildman–Crippen LogP) is 2.30. The summed E-state index contributed by atoms with van der Waals surface area (Å²) < 4.78 is 0. The van der Waals surface area contributed by atoms with Crippen molar-refractivity contribution in [1.82, 2.24) is 4.98 Å². The molecule has 2 N–H and O–H groups in total. The molecule has 1 aromatic heterocycles. The Kier molecular flexibility index (Phi) is 2.68. The van der Waals surface area contributed by atoms with Gasteiger partial charge in [-0.3, -0.25) is 9.78 Å².